The first-order valence-corrected chi connectivity index (χ1v) is 8.01. The molecular weight excluding hydrogens is 290 g/mol. The van der Waals surface area contributed by atoms with E-state index in [0.717, 1.165) is 0 Å². The Hall–Kier alpha value is -1.69. The van der Waals surface area contributed by atoms with Crippen molar-refractivity contribution in [3.8, 4) is 0 Å². The van der Waals surface area contributed by atoms with Crippen LogP contribution in [-0.4, -0.2) is 33.0 Å². The minimum absolute atomic E-state index is 0.0721. The summed E-state index contributed by atoms with van der Waals surface area (Å²) in [6, 6.07) is 6.47. The Morgan fingerprint density at radius 1 is 1.19 bits per heavy atom. The number of carboxylic acid groups (broad SMARTS) is 1. The van der Waals surface area contributed by atoms with Gasteiger partial charge in [0.05, 0.1) is 17.2 Å². The highest BCUT2D eigenvalue weighted by Gasteiger charge is 2.21. The van der Waals surface area contributed by atoms with Crippen molar-refractivity contribution in [3.63, 3.8) is 0 Å². The first-order chi connectivity index (χ1) is 9.81. The summed E-state index contributed by atoms with van der Waals surface area (Å²) in [5, 5.41) is 10.8. The predicted octanol–water partition coefficient (Wildman–Crippen LogP) is 1.58. The molecule has 5 nitrogen and oxygen atoms in total. The lowest BCUT2D eigenvalue weighted by atomic mass is 10.2. The van der Waals surface area contributed by atoms with E-state index in [-0.39, 0.29) is 12.3 Å². The lowest BCUT2D eigenvalue weighted by molar-refractivity contribution is -0.136. The van der Waals surface area contributed by atoms with Crippen LogP contribution in [0.25, 0.3) is 0 Å². The van der Waals surface area contributed by atoms with Crippen LogP contribution in [0, 0.1) is 5.92 Å². The van der Waals surface area contributed by atoms with Gasteiger partial charge in [-0.2, -0.15) is 0 Å². The lowest BCUT2D eigenvalue weighted by Crippen LogP contribution is -2.37. The number of rotatable bonds is 7. The largest absolute Gasteiger partial charge is 0.481 e. The normalized spacial score (nSPS) is 13.7. The van der Waals surface area contributed by atoms with Crippen molar-refractivity contribution in [2.24, 2.45) is 5.92 Å². The Bertz CT molecular complexity index is 525. The fourth-order valence-corrected chi connectivity index (χ4v) is 2.76. The summed E-state index contributed by atoms with van der Waals surface area (Å²) in [4.78, 5) is 23.0. The number of aliphatic carboxylic acids is 1. The van der Waals surface area contributed by atoms with Crippen molar-refractivity contribution >= 4 is 22.7 Å². The van der Waals surface area contributed by atoms with Crippen molar-refractivity contribution in [1.82, 2.24) is 5.32 Å². The van der Waals surface area contributed by atoms with Gasteiger partial charge in [0, 0.05) is 11.4 Å². The third-order valence-corrected chi connectivity index (χ3v) is 4.48. The van der Waals surface area contributed by atoms with Gasteiger partial charge < -0.3 is 10.4 Å². The van der Waals surface area contributed by atoms with Crippen LogP contribution in [-0.2, 0) is 26.8 Å². The number of carbonyl (C=O) groups excluding carboxylic acids is 1. The molecule has 0 fully saturated rings. The summed E-state index contributed by atoms with van der Waals surface area (Å²) in [6.07, 6.45) is -0.0721. The number of nitrogens with one attached hydrogen (secondary N) is 1. The molecule has 0 aliphatic carbocycles. The van der Waals surface area contributed by atoms with Gasteiger partial charge in [0.25, 0.3) is 0 Å². The second-order valence-corrected chi connectivity index (χ2v) is 7.07. The summed E-state index contributed by atoms with van der Waals surface area (Å²) in [7, 11) is -1.45. The van der Waals surface area contributed by atoms with Crippen LogP contribution in [0.3, 0.4) is 0 Å². The SMILES string of the molecule is CC(C)CNC(=O)C(C)S(=O)c1ccc(CC(=O)O)cc1. The molecule has 0 bridgehead atoms. The lowest BCUT2D eigenvalue weighted by Gasteiger charge is -2.13. The monoisotopic (exact) mass is 311 g/mol. The molecule has 116 valence electrons. The number of amides is 1. The van der Waals surface area contributed by atoms with Crippen LogP contribution in [0.5, 0.6) is 0 Å². The number of benzene rings is 1. The molecule has 21 heavy (non-hydrogen) atoms. The molecule has 6 heteroatoms. The minimum atomic E-state index is -1.45. The Kier molecular flexibility index (Phi) is 6.55. The smallest absolute Gasteiger partial charge is 0.307 e. The molecule has 1 aromatic carbocycles. The van der Waals surface area contributed by atoms with Crippen LogP contribution in [0.15, 0.2) is 29.2 Å². The molecule has 0 aliphatic rings. The fraction of sp³-hybridized carbons (Fsp3) is 0.467. The second kappa shape index (κ2) is 7.93. The predicted molar refractivity (Wildman–Crippen MR) is 81.5 cm³/mol. The van der Waals surface area contributed by atoms with Crippen molar-refractivity contribution in [2.75, 3.05) is 6.54 Å². The van der Waals surface area contributed by atoms with Gasteiger partial charge in [-0.1, -0.05) is 26.0 Å². The molecular formula is C15H21NO4S. The van der Waals surface area contributed by atoms with Gasteiger partial charge in [0.1, 0.15) is 5.25 Å². The van der Waals surface area contributed by atoms with Gasteiger partial charge in [0.2, 0.25) is 5.91 Å². The molecule has 0 saturated heterocycles. The summed E-state index contributed by atoms with van der Waals surface area (Å²) in [5.74, 6) is -0.813. The molecule has 2 unspecified atom stereocenters. The van der Waals surface area contributed by atoms with E-state index in [9.17, 15) is 13.8 Å². The summed E-state index contributed by atoms with van der Waals surface area (Å²) in [5.41, 5.74) is 0.639. The second-order valence-electron chi connectivity index (χ2n) is 5.29. The zero-order valence-corrected chi connectivity index (χ0v) is 13.3. The number of carbonyl (C=O) groups is 2. The molecule has 0 aromatic heterocycles. The average Bonchev–Trinajstić information content (AvgIpc) is 2.43. The first kappa shape index (κ1) is 17.4. The maximum absolute atomic E-state index is 12.3. The zero-order chi connectivity index (χ0) is 16.0. The number of carboxylic acids is 1. The molecule has 2 N–H and O–H groups in total. The Balaban J connectivity index is 2.69. The number of hydrogen-bond acceptors (Lipinski definition) is 3. The third kappa shape index (κ3) is 5.67. The summed E-state index contributed by atoms with van der Waals surface area (Å²) >= 11 is 0. The van der Waals surface area contributed by atoms with Gasteiger partial charge in [-0.15, -0.1) is 0 Å². The van der Waals surface area contributed by atoms with Crippen molar-refractivity contribution in [3.05, 3.63) is 29.8 Å². The van der Waals surface area contributed by atoms with Gasteiger partial charge in [0.15, 0.2) is 0 Å². The van der Waals surface area contributed by atoms with Crippen molar-refractivity contribution < 1.29 is 18.9 Å². The highest BCUT2D eigenvalue weighted by molar-refractivity contribution is 7.86. The van der Waals surface area contributed by atoms with Crippen molar-refractivity contribution in [2.45, 2.75) is 37.3 Å². The fourth-order valence-electron chi connectivity index (χ4n) is 1.67. The third-order valence-electron chi connectivity index (χ3n) is 2.89. The van der Waals surface area contributed by atoms with E-state index >= 15 is 0 Å². The molecule has 1 amide bonds. The van der Waals surface area contributed by atoms with Crippen LogP contribution in [0.1, 0.15) is 26.3 Å². The summed E-state index contributed by atoms with van der Waals surface area (Å²) in [6.45, 7) is 6.15. The van der Waals surface area contributed by atoms with E-state index in [1.165, 1.54) is 0 Å². The topological polar surface area (TPSA) is 83.5 Å². The highest BCUT2D eigenvalue weighted by Crippen LogP contribution is 2.13. The van der Waals surface area contributed by atoms with Crippen LogP contribution in [0.4, 0.5) is 0 Å². The molecule has 0 saturated carbocycles. The highest BCUT2D eigenvalue weighted by atomic mass is 32.2. The van der Waals surface area contributed by atoms with E-state index in [2.05, 4.69) is 5.32 Å². The van der Waals surface area contributed by atoms with E-state index in [0.29, 0.717) is 22.9 Å². The minimum Gasteiger partial charge on any atom is -0.481 e. The van der Waals surface area contributed by atoms with E-state index in [1.807, 2.05) is 13.8 Å². The zero-order valence-electron chi connectivity index (χ0n) is 12.5. The Morgan fingerprint density at radius 3 is 2.24 bits per heavy atom. The Labute approximate surface area is 127 Å². The molecule has 2 atom stereocenters. The molecule has 0 radical (unpaired) electrons. The number of hydrogen-bond donors (Lipinski definition) is 2. The first-order valence-electron chi connectivity index (χ1n) is 6.80. The maximum atomic E-state index is 12.3. The summed E-state index contributed by atoms with van der Waals surface area (Å²) < 4.78 is 12.3. The van der Waals surface area contributed by atoms with Crippen LogP contribution >= 0.6 is 0 Å². The van der Waals surface area contributed by atoms with Crippen LogP contribution in [0.2, 0.25) is 0 Å². The van der Waals surface area contributed by atoms with E-state index in [1.54, 1.807) is 31.2 Å². The molecule has 1 rings (SSSR count). The standard InChI is InChI=1S/C15H21NO4S/c1-10(2)9-16-15(19)11(3)21(20)13-6-4-12(5-7-13)8-14(17)18/h4-7,10-11H,8-9H2,1-3H3,(H,16,19)(H,17,18). The Morgan fingerprint density at radius 2 is 1.76 bits per heavy atom. The van der Waals surface area contributed by atoms with E-state index in [4.69, 9.17) is 5.11 Å². The van der Waals surface area contributed by atoms with Gasteiger partial charge in [-0.3, -0.25) is 13.8 Å². The van der Waals surface area contributed by atoms with Gasteiger partial charge in [-0.05, 0) is 30.5 Å². The molecule has 1 aromatic rings. The van der Waals surface area contributed by atoms with Gasteiger partial charge >= 0.3 is 5.97 Å². The maximum Gasteiger partial charge on any atom is 0.307 e. The molecule has 0 aliphatic heterocycles. The molecule has 0 spiro atoms. The average molecular weight is 311 g/mol. The van der Waals surface area contributed by atoms with E-state index < -0.39 is 22.0 Å². The molecule has 0 heterocycles. The van der Waals surface area contributed by atoms with Crippen molar-refractivity contribution in [1.29, 1.82) is 0 Å². The quantitative estimate of drug-likeness (QED) is 0.801. The van der Waals surface area contributed by atoms with Gasteiger partial charge in [-0.25, -0.2) is 0 Å². The van der Waals surface area contributed by atoms with Crippen LogP contribution < -0.4 is 5.32 Å².